The third-order valence-corrected chi connectivity index (χ3v) is 6.61. The standard InChI is InChI=1S/C30H28O4/c1-3-33-23-17-13-21(14-18-23)29(31)27-11-7-5-9-25(27)26-10-6-8-12-28(26)30(29,32)22-15-19-24(20-16-22)34-4-2/h5-20,31-32H,3-4H2,1-2H3/t29-,30-/m0/s1. The Kier molecular flexibility index (Phi) is 5.64. The van der Waals surface area contributed by atoms with Gasteiger partial charge in [0.15, 0.2) is 11.2 Å². The lowest BCUT2D eigenvalue weighted by Gasteiger charge is -2.49. The van der Waals surface area contributed by atoms with Crippen molar-refractivity contribution in [1.82, 2.24) is 0 Å². The first-order valence-electron chi connectivity index (χ1n) is 11.6. The molecule has 5 rings (SSSR count). The highest BCUT2D eigenvalue weighted by molar-refractivity contribution is 5.79. The quantitative estimate of drug-likeness (QED) is 0.398. The van der Waals surface area contributed by atoms with Crippen LogP contribution in [0.1, 0.15) is 36.1 Å². The Morgan fingerprint density at radius 1 is 0.529 bits per heavy atom. The smallest absolute Gasteiger partial charge is 0.152 e. The van der Waals surface area contributed by atoms with Crippen molar-refractivity contribution >= 4 is 0 Å². The van der Waals surface area contributed by atoms with Crippen LogP contribution in [0, 0.1) is 0 Å². The van der Waals surface area contributed by atoms with Crippen molar-refractivity contribution in [1.29, 1.82) is 0 Å². The highest BCUT2D eigenvalue weighted by atomic mass is 16.5. The van der Waals surface area contributed by atoms with Crippen LogP contribution in [0.3, 0.4) is 0 Å². The van der Waals surface area contributed by atoms with E-state index < -0.39 is 11.2 Å². The zero-order valence-corrected chi connectivity index (χ0v) is 19.4. The topological polar surface area (TPSA) is 58.9 Å². The largest absolute Gasteiger partial charge is 0.494 e. The van der Waals surface area contributed by atoms with Crippen LogP contribution in [-0.4, -0.2) is 23.4 Å². The van der Waals surface area contributed by atoms with Gasteiger partial charge in [-0.25, -0.2) is 0 Å². The van der Waals surface area contributed by atoms with E-state index in [2.05, 4.69) is 0 Å². The van der Waals surface area contributed by atoms with Gasteiger partial charge in [0.25, 0.3) is 0 Å². The molecule has 0 saturated heterocycles. The summed E-state index contributed by atoms with van der Waals surface area (Å²) in [4.78, 5) is 0. The maximum atomic E-state index is 12.7. The SMILES string of the molecule is CCOc1ccc([C@]2(O)c3ccccc3-c3ccccc3[C@@]2(O)c2ccc(OCC)cc2)cc1. The van der Waals surface area contributed by atoms with Crippen LogP contribution in [0.25, 0.3) is 11.1 Å². The Bertz CT molecular complexity index is 1190. The van der Waals surface area contributed by atoms with Gasteiger partial charge in [-0.05, 0) is 71.5 Å². The molecular weight excluding hydrogens is 424 g/mol. The maximum absolute atomic E-state index is 12.7. The first kappa shape index (κ1) is 22.2. The van der Waals surface area contributed by atoms with Gasteiger partial charge in [-0.1, -0.05) is 72.8 Å². The summed E-state index contributed by atoms with van der Waals surface area (Å²) in [6.45, 7) is 4.97. The first-order valence-corrected chi connectivity index (χ1v) is 11.6. The van der Waals surface area contributed by atoms with Crippen LogP contribution in [-0.2, 0) is 11.2 Å². The number of benzene rings is 4. The van der Waals surface area contributed by atoms with E-state index in [1.165, 1.54) is 0 Å². The highest BCUT2D eigenvalue weighted by Crippen LogP contribution is 2.57. The normalized spacial score (nSPS) is 20.8. The van der Waals surface area contributed by atoms with Gasteiger partial charge < -0.3 is 19.7 Å². The molecule has 4 aromatic carbocycles. The van der Waals surface area contributed by atoms with E-state index in [9.17, 15) is 10.2 Å². The van der Waals surface area contributed by atoms with Crippen molar-refractivity contribution < 1.29 is 19.7 Å². The van der Waals surface area contributed by atoms with Gasteiger partial charge in [-0.15, -0.1) is 0 Å². The van der Waals surface area contributed by atoms with Crippen LogP contribution >= 0.6 is 0 Å². The third-order valence-electron chi connectivity index (χ3n) is 6.61. The van der Waals surface area contributed by atoms with Crippen LogP contribution < -0.4 is 9.47 Å². The Labute approximate surface area is 200 Å². The van der Waals surface area contributed by atoms with Gasteiger partial charge in [0.1, 0.15) is 11.5 Å². The summed E-state index contributed by atoms with van der Waals surface area (Å²) < 4.78 is 11.2. The summed E-state index contributed by atoms with van der Waals surface area (Å²) in [7, 11) is 0. The van der Waals surface area contributed by atoms with Gasteiger partial charge in [-0.3, -0.25) is 0 Å². The molecule has 0 heterocycles. The highest BCUT2D eigenvalue weighted by Gasteiger charge is 2.58. The van der Waals surface area contributed by atoms with E-state index in [4.69, 9.17) is 9.47 Å². The van der Waals surface area contributed by atoms with Crippen molar-refractivity contribution in [3.05, 3.63) is 119 Å². The number of hydrogen-bond donors (Lipinski definition) is 2. The van der Waals surface area contributed by atoms with E-state index >= 15 is 0 Å². The van der Waals surface area contributed by atoms with Crippen molar-refractivity contribution in [3.8, 4) is 22.6 Å². The van der Waals surface area contributed by atoms with Crippen LogP contribution in [0.5, 0.6) is 11.5 Å². The lowest BCUT2D eigenvalue weighted by atomic mass is 9.60. The molecule has 4 aromatic rings. The Morgan fingerprint density at radius 2 is 0.882 bits per heavy atom. The fourth-order valence-electron chi connectivity index (χ4n) is 5.10. The molecular formula is C30H28O4. The van der Waals surface area contributed by atoms with Crippen molar-refractivity contribution in [2.24, 2.45) is 0 Å². The Hall–Kier alpha value is -3.60. The van der Waals surface area contributed by atoms with E-state index in [1.54, 1.807) is 0 Å². The molecule has 172 valence electrons. The van der Waals surface area contributed by atoms with Crippen LogP contribution in [0.15, 0.2) is 97.1 Å². The molecule has 0 aliphatic heterocycles. The molecule has 4 nitrogen and oxygen atoms in total. The van der Waals surface area contributed by atoms with Gasteiger partial charge in [0.2, 0.25) is 0 Å². The zero-order chi connectivity index (χ0) is 23.8. The monoisotopic (exact) mass is 452 g/mol. The lowest BCUT2D eigenvalue weighted by Crippen LogP contribution is -2.53. The van der Waals surface area contributed by atoms with E-state index in [1.807, 2.05) is 111 Å². The minimum absolute atomic E-state index is 0.552. The predicted molar refractivity (Wildman–Crippen MR) is 133 cm³/mol. The average Bonchev–Trinajstić information content (AvgIpc) is 2.88. The fourth-order valence-corrected chi connectivity index (χ4v) is 5.10. The number of aliphatic hydroxyl groups is 2. The third kappa shape index (κ3) is 3.22. The maximum Gasteiger partial charge on any atom is 0.152 e. The molecule has 0 spiro atoms. The molecule has 2 N–H and O–H groups in total. The van der Waals surface area contributed by atoms with E-state index in [-0.39, 0.29) is 0 Å². The lowest BCUT2D eigenvalue weighted by molar-refractivity contribution is -0.114. The number of rotatable bonds is 6. The molecule has 1 aliphatic carbocycles. The zero-order valence-electron chi connectivity index (χ0n) is 19.4. The molecule has 2 atom stereocenters. The molecule has 0 radical (unpaired) electrons. The van der Waals surface area contributed by atoms with E-state index in [0.717, 1.165) is 11.1 Å². The average molecular weight is 453 g/mol. The van der Waals surface area contributed by atoms with Crippen molar-refractivity contribution in [2.45, 2.75) is 25.0 Å². The molecule has 0 aromatic heterocycles. The second-order valence-corrected chi connectivity index (χ2v) is 8.43. The minimum atomic E-state index is -1.75. The number of ether oxygens (including phenoxy) is 2. The number of fused-ring (bicyclic) bond motifs is 3. The summed E-state index contributed by atoms with van der Waals surface area (Å²) in [5.74, 6) is 1.42. The van der Waals surface area contributed by atoms with Gasteiger partial charge >= 0.3 is 0 Å². The summed E-state index contributed by atoms with van der Waals surface area (Å²) >= 11 is 0. The Balaban J connectivity index is 1.80. The second-order valence-electron chi connectivity index (χ2n) is 8.43. The first-order chi connectivity index (χ1) is 16.5. The summed E-state index contributed by atoms with van der Waals surface area (Å²) in [5.41, 5.74) is 0.730. The molecule has 0 unspecified atom stereocenters. The van der Waals surface area contributed by atoms with Crippen molar-refractivity contribution in [3.63, 3.8) is 0 Å². The van der Waals surface area contributed by atoms with Gasteiger partial charge in [0.05, 0.1) is 13.2 Å². The second kappa shape index (κ2) is 8.64. The summed E-state index contributed by atoms with van der Waals surface area (Å²) in [6.07, 6.45) is 0. The molecule has 4 heteroatoms. The predicted octanol–water partition coefficient (Wildman–Crippen LogP) is 5.64. The minimum Gasteiger partial charge on any atom is -0.494 e. The van der Waals surface area contributed by atoms with Crippen LogP contribution in [0.4, 0.5) is 0 Å². The summed E-state index contributed by atoms with van der Waals surface area (Å²) in [5, 5.41) is 25.4. The fraction of sp³-hybridized carbons (Fsp3) is 0.200. The van der Waals surface area contributed by atoms with E-state index in [0.29, 0.717) is 47.0 Å². The van der Waals surface area contributed by atoms with Gasteiger partial charge in [0, 0.05) is 0 Å². The van der Waals surface area contributed by atoms with Crippen LogP contribution in [0.2, 0.25) is 0 Å². The molecule has 0 bridgehead atoms. The molecule has 0 amide bonds. The molecule has 0 fully saturated rings. The summed E-state index contributed by atoms with van der Waals surface area (Å²) in [6, 6.07) is 30.1. The molecule has 0 saturated carbocycles. The van der Waals surface area contributed by atoms with Gasteiger partial charge in [-0.2, -0.15) is 0 Å². The molecule has 1 aliphatic rings. The van der Waals surface area contributed by atoms with Crippen molar-refractivity contribution in [2.75, 3.05) is 13.2 Å². The Morgan fingerprint density at radius 3 is 1.24 bits per heavy atom. The molecule has 34 heavy (non-hydrogen) atoms. The number of hydrogen-bond acceptors (Lipinski definition) is 4.